The maximum absolute atomic E-state index is 11.0. The van der Waals surface area contributed by atoms with Crippen molar-refractivity contribution in [3.8, 4) is 0 Å². The van der Waals surface area contributed by atoms with E-state index in [2.05, 4.69) is 4.52 Å². The van der Waals surface area contributed by atoms with Gasteiger partial charge in [-0.05, 0) is 19.3 Å². The Bertz CT molecular complexity index is 502. The van der Waals surface area contributed by atoms with E-state index in [9.17, 15) is 24.7 Å². The zero-order chi connectivity index (χ0) is 19.4. The van der Waals surface area contributed by atoms with Gasteiger partial charge < -0.3 is 46.4 Å². The van der Waals surface area contributed by atoms with E-state index < -0.39 is 63.0 Å². The second kappa shape index (κ2) is 8.82. The summed E-state index contributed by atoms with van der Waals surface area (Å²) in [5.74, 6) is -1.19. The van der Waals surface area contributed by atoms with Gasteiger partial charge in [-0.2, -0.15) is 0 Å². The highest BCUT2D eigenvalue weighted by molar-refractivity contribution is 7.46. The lowest BCUT2D eigenvalue weighted by atomic mass is 9.85. The van der Waals surface area contributed by atoms with Crippen LogP contribution in [0.3, 0.4) is 0 Å². The van der Waals surface area contributed by atoms with Gasteiger partial charge in [0.25, 0.3) is 0 Å². The number of hydrogen-bond acceptors (Lipinski definition) is 9. The fourth-order valence-corrected chi connectivity index (χ4v) is 3.07. The Morgan fingerprint density at radius 1 is 1.28 bits per heavy atom. The van der Waals surface area contributed by atoms with Crippen LogP contribution in [0.1, 0.15) is 19.3 Å². The molecule has 13 heteroatoms. The minimum atomic E-state index is -4.92. The summed E-state index contributed by atoms with van der Waals surface area (Å²) in [5, 5.41) is 38.1. The first kappa shape index (κ1) is 22.4. The zero-order valence-corrected chi connectivity index (χ0v) is 14.2. The van der Waals surface area contributed by atoms with Crippen molar-refractivity contribution in [1.29, 1.82) is 0 Å². The number of carboxylic acid groups (broad SMARTS) is 1. The summed E-state index contributed by atoms with van der Waals surface area (Å²) in [7, 11) is -4.92. The number of phosphoric acid groups is 1. The smallest absolute Gasteiger partial charge is 0.469 e. The predicted molar refractivity (Wildman–Crippen MR) is 82.1 cm³/mol. The lowest BCUT2D eigenvalue weighted by Crippen LogP contribution is -2.59. The molecule has 0 aromatic rings. The van der Waals surface area contributed by atoms with E-state index in [1.807, 2.05) is 0 Å². The molecule has 25 heavy (non-hydrogen) atoms. The molecule has 12 nitrogen and oxygen atoms in total. The third-order valence-electron chi connectivity index (χ3n) is 4.19. The van der Waals surface area contributed by atoms with Crippen molar-refractivity contribution < 1.29 is 48.8 Å². The molecule has 0 amide bonds. The number of aliphatic hydroxyl groups is 3. The van der Waals surface area contributed by atoms with Gasteiger partial charge in [0.2, 0.25) is 0 Å². The summed E-state index contributed by atoms with van der Waals surface area (Å²) in [6, 6.07) is -2.19. The van der Waals surface area contributed by atoms with Crippen molar-refractivity contribution in [3.05, 3.63) is 0 Å². The summed E-state index contributed by atoms with van der Waals surface area (Å²) in [6.07, 6.45) is -4.10. The monoisotopic (exact) mass is 388 g/mol. The van der Waals surface area contributed by atoms with Gasteiger partial charge in [0.15, 0.2) is 0 Å². The van der Waals surface area contributed by atoms with Crippen molar-refractivity contribution in [1.82, 2.24) is 0 Å². The summed E-state index contributed by atoms with van der Waals surface area (Å²) in [6.45, 7) is -1.50. The molecule has 10 N–H and O–H groups in total. The Labute approximate surface area is 143 Å². The van der Waals surface area contributed by atoms with Gasteiger partial charge in [-0.1, -0.05) is 0 Å². The van der Waals surface area contributed by atoms with E-state index in [-0.39, 0.29) is 19.3 Å². The van der Waals surface area contributed by atoms with Gasteiger partial charge >= 0.3 is 13.8 Å². The second-order valence-corrected chi connectivity index (χ2v) is 7.21. The molecule has 0 aromatic heterocycles. The standard InChI is InChI=1S/C12H25N2O10P/c13-6(11(18)19)2-1-3-8(14)12(5-23-25(20,21)22)10(17)9(16)7(4-15)24-12/h6-10,15-17H,1-5,13-14H2,(H,18,19)(H2,20,21,22)/t6-,7+,8?,9+,10-,12?/m0/s1. The van der Waals surface area contributed by atoms with E-state index >= 15 is 0 Å². The van der Waals surface area contributed by atoms with Crippen LogP contribution in [0.2, 0.25) is 0 Å². The third-order valence-corrected chi connectivity index (χ3v) is 4.65. The molecule has 0 aliphatic carbocycles. The highest BCUT2D eigenvalue weighted by Crippen LogP contribution is 2.42. The molecule has 1 fully saturated rings. The van der Waals surface area contributed by atoms with Crippen molar-refractivity contribution in [3.63, 3.8) is 0 Å². The van der Waals surface area contributed by atoms with E-state index in [0.29, 0.717) is 0 Å². The minimum Gasteiger partial charge on any atom is -0.480 e. The number of aliphatic hydroxyl groups excluding tert-OH is 3. The fraction of sp³-hybridized carbons (Fsp3) is 0.917. The second-order valence-electron chi connectivity index (χ2n) is 5.98. The van der Waals surface area contributed by atoms with Crippen LogP contribution in [0.25, 0.3) is 0 Å². The Morgan fingerprint density at radius 3 is 2.32 bits per heavy atom. The SMILES string of the molecule is NC(CCC[C@H](N)C(=O)O)C1(COP(=O)(O)O)O[C@H](CO)[C@@H](O)[C@@H]1O. The molecule has 1 rings (SSSR count). The Kier molecular flexibility index (Phi) is 7.90. The first-order valence-corrected chi connectivity index (χ1v) is 9.06. The topological polar surface area (TPSA) is 226 Å². The van der Waals surface area contributed by atoms with Crippen molar-refractivity contribution in [2.75, 3.05) is 13.2 Å². The number of carbonyl (C=O) groups is 1. The maximum atomic E-state index is 11.0. The maximum Gasteiger partial charge on any atom is 0.469 e. The largest absolute Gasteiger partial charge is 0.480 e. The van der Waals surface area contributed by atoms with Crippen LogP contribution >= 0.6 is 7.82 Å². The van der Waals surface area contributed by atoms with Crippen LogP contribution in [-0.2, 0) is 18.6 Å². The predicted octanol–water partition coefficient (Wildman–Crippen LogP) is -3.14. The first-order valence-electron chi connectivity index (χ1n) is 7.53. The Morgan fingerprint density at radius 2 is 1.88 bits per heavy atom. The number of nitrogens with two attached hydrogens (primary N) is 2. The molecule has 0 spiro atoms. The van der Waals surface area contributed by atoms with Gasteiger partial charge in [-0.3, -0.25) is 9.32 Å². The lowest BCUT2D eigenvalue weighted by molar-refractivity contribution is -0.139. The van der Waals surface area contributed by atoms with Crippen LogP contribution in [-0.4, -0.2) is 85.4 Å². The number of aliphatic carboxylic acids is 1. The van der Waals surface area contributed by atoms with Gasteiger partial charge in [0.05, 0.1) is 13.2 Å². The Balaban J connectivity index is 2.87. The molecule has 0 radical (unpaired) electrons. The molecule has 2 unspecified atom stereocenters. The number of rotatable bonds is 10. The van der Waals surface area contributed by atoms with Gasteiger partial charge in [0, 0.05) is 6.04 Å². The molecule has 1 aliphatic rings. The summed E-state index contributed by atoms with van der Waals surface area (Å²) in [5.41, 5.74) is 9.46. The van der Waals surface area contributed by atoms with Gasteiger partial charge in [-0.15, -0.1) is 0 Å². The van der Waals surface area contributed by atoms with Gasteiger partial charge in [-0.25, -0.2) is 4.57 Å². The summed E-state index contributed by atoms with van der Waals surface area (Å²) in [4.78, 5) is 28.4. The third kappa shape index (κ3) is 5.66. The molecule has 1 saturated heterocycles. The number of ether oxygens (including phenoxy) is 1. The van der Waals surface area contributed by atoms with E-state index in [4.69, 9.17) is 31.1 Å². The molecule has 1 aliphatic heterocycles. The van der Waals surface area contributed by atoms with Crippen LogP contribution in [0.5, 0.6) is 0 Å². The fourth-order valence-electron chi connectivity index (χ4n) is 2.70. The van der Waals surface area contributed by atoms with E-state index in [0.717, 1.165) is 0 Å². The number of hydrogen-bond donors (Lipinski definition) is 8. The van der Waals surface area contributed by atoms with Crippen LogP contribution in [0.4, 0.5) is 0 Å². The average Bonchev–Trinajstić information content (AvgIpc) is 2.77. The molecule has 148 valence electrons. The molecule has 0 aromatic carbocycles. The first-order chi connectivity index (χ1) is 11.4. The average molecular weight is 388 g/mol. The van der Waals surface area contributed by atoms with E-state index in [1.54, 1.807) is 0 Å². The zero-order valence-electron chi connectivity index (χ0n) is 13.3. The lowest BCUT2D eigenvalue weighted by Gasteiger charge is -2.37. The quantitative estimate of drug-likeness (QED) is 0.174. The van der Waals surface area contributed by atoms with Crippen LogP contribution < -0.4 is 11.5 Å². The number of phosphoric ester groups is 1. The molecular formula is C12H25N2O10P. The molecule has 0 saturated carbocycles. The summed E-state index contributed by atoms with van der Waals surface area (Å²) < 4.78 is 20.8. The van der Waals surface area contributed by atoms with Crippen LogP contribution in [0.15, 0.2) is 0 Å². The molecule has 1 heterocycles. The molecule has 6 atom stereocenters. The normalized spacial score (nSPS) is 32.5. The highest BCUT2D eigenvalue weighted by Gasteiger charge is 2.57. The van der Waals surface area contributed by atoms with Crippen molar-refractivity contribution >= 4 is 13.8 Å². The van der Waals surface area contributed by atoms with Gasteiger partial charge in [0.1, 0.15) is 30.0 Å². The van der Waals surface area contributed by atoms with E-state index in [1.165, 1.54) is 0 Å². The van der Waals surface area contributed by atoms with Crippen molar-refractivity contribution in [2.24, 2.45) is 11.5 Å². The number of carboxylic acids is 1. The molecule has 0 bridgehead atoms. The molecular weight excluding hydrogens is 363 g/mol. The minimum absolute atomic E-state index is 0.0629. The highest BCUT2D eigenvalue weighted by atomic mass is 31.2. The van der Waals surface area contributed by atoms with Crippen molar-refractivity contribution in [2.45, 2.75) is 55.3 Å². The Hall–Kier alpha value is -0.660. The van der Waals surface area contributed by atoms with Crippen LogP contribution in [0, 0.1) is 0 Å². The summed E-state index contributed by atoms with van der Waals surface area (Å²) >= 11 is 0.